The van der Waals surface area contributed by atoms with Crippen molar-refractivity contribution in [2.45, 2.75) is 12.8 Å². The van der Waals surface area contributed by atoms with Gasteiger partial charge in [0.15, 0.2) is 11.0 Å². The van der Waals surface area contributed by atoms with E-state index in [0.717, 1.165) is 12.8 Å². The summed E-state index contributed by atoms with van der Waals surface area (Å²) in [5.74, 6) is 0.683. The second-order valence-corrected chi connectivity index (χ2v) is 4.51. The Hall–Kier alpha value is -1.07. The molecule has 1 aliphatic rings. The molecule has 2 rings (SSSR count). The Balaban J connectivity index is 2.06. The van der Waals surface area contributed by atoms with E-state index in [-0.39, 0.29) is 12.0 Å². The Labute approximate surface area is 99.3 Å². The highest BCUT2D eigenvalue weighted by Crippen LogP contribution is 2.45. The van der Waals surface area contributed by atoms with Crippen molar-refractivity contribution in [2.24, 2.45) is 5.41 Å². The molecule has 1 fully saturated rings. The molecule has 0 radical (unpaired) electrons. The molecular formula is C10H15ClN4O. The Kier molecular flexibility index (Phi) is 3.16. The maximum atomic E-state index is 9.20. The molecule has 1 saturated carbocycles. The topological polar surface area (TPSA) is 70.1 Å². The van der Waals surface area contributed by atoms with Gasteiger partial charge >= 0.3 is 0 Å². The minimum Gasteiger partial charge on any atom is -0.396 e. The Morgan fingerprint density at radius 1 is 1.50 bits per heavy atom. The van der Waals surface area contributed by atoms with Gasteiger partial charge in [0.2, 0.25) is 0 Å². The third kappa shape index (κ3) is 2.20. The monoisotopic (exact) mass is 242 g/mol. The highest BCUT2D eigenvalue weighted by molar-refractivity contribution is 6.32. The van der Waals surface area contributed by atoms with Crippen LogP contribution in [0.4, 0.5) is 11.5 Å². The Morgan fingerprint density at radius 2 is 2.25 bits per heavy atom. The summed E-state index contributed by atoms with van der Waals surface area (Å²) in [6.07, 6.45) is 3.54. The summed E-state index contributed by atoms with van der Waals surface area (Å²) in [7, 11) is 1.77. The van der Waals surface area contributed by atoms with Gasteiger partial charge in [-0.25, -0.2) is 9.97 Å². The second kappa shape index (κ2) is 4.43. The smallest absolute Gasteiger partial charge is 0.157 e. The lowest BCUT2D eigenvalue weighted by molar-refractivity contribution is 0.219. The van der Waals surface area contributed by atoms with E-state index in [1.165, 1.54) is 6.33 Å². The third-order valence-electron chi connectivity index (χ3n) is 2.97. The van der Waals surface area contributed by atoms with Crippen molar-refractivity contribution in [2.75, 3.05) is 30.8 Å². The molecule has 0 aromatic carbocycles. The van der Waals surface area contributed by atoms with Crippen LogP contribution < -0.4 is 10.6 Å². The van der Waals surface area contributed by atoms with Crippen molar-refractivity contribution in [3.8, 4) is 0 Å². The zero-order valence-corrected chi connectivity index (χ0v) is 9.88. The fraction of sp³-hybridized carbons (Fsp3) is 0.600. The van der Waals surface area contributed by atoms with Crippen LogP contribution in [-0.4, -0.2) is 35.3 Å². The molecule has 0 atom stereocenters. The number of nitrogens with one attached hydrogen (secondary N) is 2. The molecule has 6 heteroatoms. The molecule has 3 N–H and O–H groups in total. The number of hydrogen-bond donors (Lipinski definition) is 3. The lowest BCUT2D eigenvalue weighted by atomic mass is 10.1. The average molecular weight is 243 g/mol. The van der Waals surface area contributed by atoms with Crippen LogP contribution in [0.15, 0.2) is 6.33 Å². The summed E-state index contributed by atoms with van der Waals surface area (Å²) in [4.78, 5) is 8.02. The van der Waals surface area contributed by atoms with Gasteiger partial charge in [0.05, 0.1) is 6.61 Å². The normalized spacial score (nSPS) is 16.9. The highest BCUT2D eigenvalue weighted by atomic mass is 35.5. The van der Waals surface area contributed by atoms with E-state index < -0.39 is 0 Å². The summed E-state index contributed by atoms with van der Waals surface area (Å²) in [5.41, 5.74) is 0.737. The first-order valence-corrected chi connectivity index (χ1v) is 5.61. The van der Waals surface area contributed by atoms with Gasteiger partial charge in [0.1, 0.15) is 12.0 Å². The van der Waals surface area contributed by atoms with Crippen LogP contribution in [0.25, 0.3) is 0 Å². The molecule has 0 amide bonds. The number of halogens is 1. The molecule has 0 spiro atoms. The minimum atomic E-state index is 0.0441. The number of rotatable bonds is 5. The summed E-state index contributed by atoms with van der Waals surface area (Å²) < 4.78 is 0. The van der Waals surface area contributed by atoms with E-state index in [4.69, 9.17) is 11.6 Å². The Morgan fingerprint density at radius 3 is 2.81 bits per heavy atom. The van der Waals surface area contributed by atoms with Crippen molar-refractivity contribution >= 4 is 23.1 Å². The summed E-state index contributed by atoms with van der Waals surface area (Å²) >= 11 is 5.93. The molecule has 16 heavy (non-hydrogen) atoms. The number of anilines is 2. The van der Waals surface area contributed by atoms with Gasteiger partial charge in [0.25, 0.3) is 0 Å². The van der Waals surface area contributed by atoms with Crippen LogP contribution in [-0.2, 0) is 0 Å². The molecule has 0 saturated heterocycles. The minimum absolute atomic E-state index is 0.0441. The van der Waals surface area contributed by atoms with E-state index in [1.807, 2.05) is 0 Å². The predicted octanol–water partition coefficient (Wildman–Crippen LogP) is 1.36. The maximum Gasteiger partial charge on any atom is 0.157 e. The van der Waals surface area contributed by atoms with Gasteiger partial charge in [-0.05, 0) is 12.8 Å². The van der Waals surface area contributed by atoms with Crippen molar-refractivity contribution in [1.29, 1.82) is 0 Å². The lowest BCUT2D eigenvalue weighted by Gasteiger charge is -2.15. The summed E-state index contributed by atoms with van der Waals surface area (Å²) in [5, 5.41) is 15.8. The van der Waals surface area contributed by atoms with Gasteiger partial charge in [0, 0.05) is 19.0 Å². The van der Waals surface area contributed by atoms with E-state index in [1.54, 1.807) is 7.05 Å². The van der Waals surface area contributed by atoms with Crippen LogP contribution in [0.3, 0.4) is 0 Å². The van der Waals surface area contributed by atoms with Crippen LogP contribution in [0.1, 0.15) is 12.8 Å². The van der Waals surface area contributed by atoms with Gasteiger partial charge in [-0.15, -0.1) is 0 Å². The quantitative estimate of drug-likeness (QED) is 0.680. The SMILES string of the molecule is CNc1c(Cl)ncnc1NCC1(CO)CC1. The van der Waals surface area contributed by atoms with Gasteiger partial charge in [-0.1, -0.05) is 11.6 Å². The van der Waals surface area contributed by atoms with Crippen LogP contribution >= 0.6 is 11.6 Å². The first-order chi connectivity index (χ1) is 7.71. The highest BCUT2D eigenvalue weighted by Gasteiger charge is 2.41. The second-order valence-electron chi connectivity index (χ2n) is 4.15. The number of nitrogens with zero attached hydrogens (tertiary/aromatic N) is 2. The number of aliphatic hydroxyl groups excluding tert-OH is 1. The Bertz CT molecular complexity index is 381. The van der Waals surface area contributed by atoms with Crippen LogP contribution in [0.5, 0.6) is 0 Å². The third-order valence-corrected chi connectivity index (χ3v) is 3.26. The molecule has 1 aromatic rings. The number of aliphatic hydroxyl groups is 1. The van der Waals surface area contributed by atoms with Gasteiger partial charge < -0.3 is 15.7 Å². The molecule has 0 bridgehead atoms. The van der Waals surface area contributed by atoms with Crippen molar-refractivity contribution in [3.63, 3.8) is 0 Å². The van der Waals surface area contributed by atoms with E-state index in [2.05, 4.69) is 20.6 Å². The largest absolute Gasteiger partial charge is 0.396 e. The van der Waals surface area contributed by atoms with Crippen LogP contribution in [0.2, 0.25) is 5.15 Å². The molecule has 0 unspecified atom stereocenters. The maximum absolute atomic E-state index is 9.20. The molecule has 88 valence electrons. The fourth-order valence-electron chi connectivity index (χ4n) is 1.56. The van der Waals surface area contributed by atoms with Crippen molar-refractivity contribution < 1.29 is 5.11 Å². The molecule has 1 heterocycles. The first kappa shape index (κ1) is 11.4. The van der Waals surface area contributed by atoms with Crippen molar-refractivity contribution in [1.82, 2.24) is 9.97 Å². The molecule has 1 aliphatic carbocycles. The zero-order valence-electron chi connectivity index (χ0n) is 9.13. The van der Waals surface area contributed by atoms with Crippen molar-refractivity contribution in [3.05, 3.63) is 11.5 Å². The first-order valence-electron chi connectivity index (χ1n) is 5.24. The summed E-state index contributed by atoms with van der Waals surface area (Å²) in [6, 6.07) is 0. The zero-order chi connectivity index (χ0) is 11.6. The van der Waals surface area contributed by atoms with E-state index >= 15 is 0 Å². The van der Waals surface area contributed by atoms with E-state index in [9.17, 15) is 5.11 Å². The standard InChI is InChI=1S/C10H15ClN4O/c1-12-7-8(11)14-6-15-9(7)13-4-10(5-16)2-3-10/h6,12,16H,2-5H2,1H3,(H,13,14,15). The lowest BCUT2D eigenvalue weighted by Crippen LogP contribution is -2.20. The molecular weight excluding hydrogens is 228 g/mol. The molecule has 1 aromatic heterocycles. The number of hydrogen-bond acceptors (Lipinski definition) is 5. The fourth-order valence-corrected chi connectivity index (χ4v) is 1.79. The average Bonchev–Trinajstić information content (AvgIpc) is 3.07. The predicted molar refractivity (Wildman–Crippen MR) is 63.8 cm³/mol. The number of aromatic nitrogens is 2. The van der Waals surface area contributed by atoms with E-state index in [0.29, 0.717) is 23.2 Å². The molecule has 0 aliphatic heterocycles. The van der Waals surface area contributed by atoms with Crippen LogP contribution in [0, 0.1) is 5.41 Å². The van der Waals surface area contributed by atoms with Gasteiger partial charge in [-0.3, -0.25) is 0 Å². The summed E-state index contributed by atoms with van der Waals surface area (Å²) in [6.45, 7) is 0.930. The van der Waals surface area contributed by atoms with Gasteiger partial charge in [-0.2, -0.15) is 0 Å². The molecule has 5 nitrogen and oxygen atoms in total.